The average Bonchev–Trinajstić information content (AvgIpc) is 2.93. The van der Waals surface area contributed by atoms with Crippen LogP contribution in [-0.2, 0) is 4.79 Å². The molecule has 21 heavy (non-hydrogen) atoms. The molecule has 0 bridgehead atoms. The van der Waals surface area contributed by atoms with Crippen LogP contribution in [0.5, 0.6) is 0 Å². The van der Waals surface area contributed by atoms with Gasteiger partial charge in [0.05, 0.1) is 4.70 Å². The zero-order valence-electron chi connectivity index (χ0n) is 12.3. The molecule has 1 aromatic heterocycles. The molecule has 1 heterocycles. The lowest BCUT2D eigenvalue weighted by Gasteiger charge is -2.37. The van der Waals surface area contributed by atoms with Gasteiger partial charge in [0.15, 0.2) is 5.82 Å². The summed E-state index contributed by atoms with van der Waals surface area (Å²) in [6, 6.07) is 8.24. The monoisotopic (exact) mass is 303 g/mol. The molecule has 0 spiro atoms. The van der Waals surface area contributed by atoms with Crippen LogP contribution in [0.3, 0.4) is 0 Å². The van der Waals surface area contributed by atoms with Gasteiger partial charge >= 0.3 is 0 Å². The predicted molar refractivity (Wildman–Crippen MR) is 87.6 cm³/mol. The summed E-state index contributed by atoms with van der Waals surface area (Å²) >= 11 is 1.49. The molecule has 1 fully saturated rings. The molecule has 2 aromatic rings. The number of hydrogen-bond acceptors (Lipinski definition) is 4. The Morgan fingerprint density at radius 3 is 2.76 bits per heavy atom. The molecule has 1 atom stereocenters. The second-order valence-corrected chi connectivity index (χ2v) is 6.58. The number of fused-ring (bicyclic) bond motifs is 1. The fourth-order valence-corrected chi connectivity index (χ4v) is 4.00. The first-order valence-corrected chi connectivity index (χ1v) is 8.38. The van der Waals surface area contributed by atoms with Crippen molar-refractivity contribution in [3.8, 4) is 0 Å². The van der Waals surface area contributed by atoms with Crippen molar-refractivity contribution in [1.29, 1.82) is 0 Å². The normalized spacial score (nSPS) is 17.8. The number of rotatable bonds is 4. The number of nitrogens with zero attached hydrogens (tertiary/aromatic N) is 2. The number of amides is 1. The van der Waals surface area contributed by atoms with Gasteiger partial charge in [0.1, 0.15) is 6.04 Å². The number of anilines is 1. The molecule has 0 saturated heterocycles. The van der Waals surface area contributed by atoms with Crippen molar-refractivity contribution >= 4 is 33.3 Å². The van der Waals surface area contributed by atoms with Gasteiger partial charge in [-0.25, -0.2) is 0 Å². The van der Waals surface area contributed by atoms with E-state index in [1.54, 1.807) is 0 Å². The number of carbonyl (C=O) groups excluding carboxylic acids is 1. The Bertz CT molecular complexity index is 633. The topological polar surface area (TPSA) is 59.2 Å². The summed E-state index contributed by atoms with van der Waals surface area (Å²) < 4.78 is 5.79. The fourth-order valence-electron chi connectivity index (χ4n) is 3.23. The van der Waals surface area contributed by atoms with E-state index in [9.17, 15) is 4.79 Å². The molecule has 2 N–H and O–H groups in total. The van der Waals surface area contributed by atoms with Crippen molar-refractivity contribution in [3.63, 3.8) is 0 Å². The Balaban J connectivity index is 2.03. The van der Waals surface area contributed by atoms with Crippen LogP contribution in [0.4, 0.5) is 5.82 Å². The van der Waals surface area contributed by atoms with E-state index in [2.05, 4.69) is 21.4 Å². The van der Waals surface area contributed by atoms with Crippen LogP contribution in [0.25, 0.3) is 10.1 Å². The SMILES string of the molecule is CC(C(N)=O)N(c1nsc2ccccc12)C1CCCCC1. The van der Waals surface area contributed by atoms with Gasteiger partial charge in [-0.3, -0.25) is 4.79 Å². The van der Waals surface area contributed by atoms with Crippen molar-refractivity contribution < 1.29 is 4.79 Å². The van der Waals surface area contributed by atoms with E-state index >= 15 is 0 Å². The highest BCUT2D eigenvalue weighted by Crippen LogP contribution is 2.35. The van der Waals surface area contributed by atoms with Crippen LogP contribution in [0, 0.1) is 0 Å². The Hall–Kier alpha value is -1.62. The van der Waals surface area contributed by atoms with Gasteiger partial charge in [0.2, 0.25) is 5.91 Å². The van der Waals surface area contributed by atoms with E-state index in [-0.39, 0.29) is 11.9 Å². The third kappa shape index (κ3) is 2.75. The molecule has 0 aliphatic heterocycles. The lowest BCUT2D eigenvalue weighted by molar-refractivity contribution is -0.119. The maximum Gasteiger partial charge on any atom is 0.239 e. The molecular formula is C16H21N3OS. The van der Waals surface area contributed by atoms with E-state index in [0.717, 1.165) is 28.7 Å². The quantitative estimate of drug-likeness (QED) is 0.942. The van der Waals surface area contributed by atoms with Gasteiger partial charge in [-0.1, -0.05) is 31.4 Å². The van der Waals surface area contributed by atoms with E-state index in [1.807, 2.05) is 19.1 Å². The summed E-state index contributed by atoms with van der Waals surface area (Å²) in [4.78, 5) is 13.9. The molecular weight excluding hydrogens is 282 g/mol. The van der Waals surface area contributed by atoms with Crippen molar-refractivity contribution in [2.24, 2.45) is 5.73 Å². The zero-order valence-corrected chi connectivity index (χ0v) is 13.1. The number of nitrogens with two attached hydrogens (primary N) is 1. The molecule has 0 radical (unpaired) electrons. The molecule has 1 aromatic carbocycles. The first-order valence-electron chi connectivity index (χ1n) is 7.60. The molecule has 1 amide bonds. The van der Waals surface area contributed by atoms with Crippen LogP contribution < -0.4 is 10.6 Å². The second-order valence-electron chi connectivity index (χ2n) is 5.78. The number of hydrogen-bond donors (Lipinski definition) is 1. The summed E-state index contributed by atoms with van der Waals surface area (Å²) in [5.74, 6) is 0.645. The molecule has 112 valence electrons. The predicted octanol–water partition coefficient (Wildman–Crippen LogP) is 3.31. The van der Waals surface area contributed by atoms with Crippen LogP contribution >= 0.6 is 11.5 Å². The number of carbonyl (C=O) groups is 1. The Morgan fingerprint density at radius 1 is 1.33 bits per heavy atom. The highest BCUT2D eigenvalue weighted by molar-refractivity contribution is 7.13. The van der Waals surface area contributed by atoms with Gasteiger partial charge in [0.25, 0.3) is 0 Å². The van der Waals surface area contributed by atoms with Gasteiger partial charge in [-0.05, 0) is 43.4 Å². The first kappa shape index (κ1) is 14.3. The molecule has 1 aliphatic carbocycles. The zero-order chi connectivity index (χ0) is 14.8. The highest BCUT2D eigenvalue weighted by atomic mass is 32.1. The summed E-state index contributed by atoms with van der Waals surface area (Å²) in [5.41, 5.74) is 5.59. The average molecular weight is 303 g/mol. The highest BCUT2D eigenvalue weighted by Gasteiger charge is 2.30. The second kappa shape index (κ2) is 6.02. The number of primary amides is 1. The smallest absolute Gasteiger partial charge is 0.239 e. The van der Waals surface area contributed by atoms with Crippen molar-refractivity contribution in [1.82, 2.24) is 4.37 Å². The molecule has 1 aliphatic rings. The van der Waals surface area contributed by atoms with Gasteiger partial charge in [0, 0.05) is 11.4 Å². The molecule has 3 rings (SSSR count). The summed E-state index contributed by atoms with van der Waals surface area (Å²) in [6.45, 7) is 1.89. The minimum Gasteiger partial charge on any atom is -0.368 e. The van der Waals surface area contributed by atoms with Crippen LogP contribution in [-0.4, -0.2) is 22.4 Å². The molecule has 1 unspecified atom stereocenters. The largest absolute Gasteiger partial charge is 0.368 e. The van der Waals surface area contributed by atoms with E-state index in [4.69, 9.17) is 5.73 Å². The third-order valence-electron chi connectivity index (χ3n) is 4.40. The van der Waals surface area contributed by atoms with E-state index in [0.29, 0.717) is 6.04 Å². The molecule has 1 saturated carbocycles. The van der Waals surface area contributed by atoms with Crippen LogP contribution in [0.1, 0.15) is 39.0 Å². The van der Waals surface area contributed by atoms with Crippen LogP contribution in [0.2, 0.25) is 0 Å². The Morgan fingerprint density at radius 2 is 2.05 bits per heavy atom. The molecule has 4 nitrogen and oxygen atoms in total. The Labute approximate surface area is 129 Å². The van der Waals surface area contributed by atoms with Crippen molar-refractivity contribution in [2.45, 2.75) is 51.1 Å². The number of aromatic nitrogens is 1. The Kier molecular flexibility index (Phi) is 4.10. The minimum absolute atomic E-state index is 0.280. The summed E-state index contributed by atoms with van der Waals surface area (Å²) in [6.07, 6.45) is 5.95. The summed E-state index contributed by atoms with van der Waals surface area (Å²) in [5, 5.41) is 1.13. The van der Waals surface area contributed by atoms with E-state index < -0.39 is 0 Å². The summed E-state index contributed by atoms with van der Waals surface area (Å²) in [7, 11) is 0. The van der Waals surface area contributed by atoms with Crippen LogP contribution in [0.15, 0.2) is 24.3 Å². The molecule has 5 heteroatoms. The number of benzene rings is 1. The maximum atomic E-state index is 11.8. The lowest BCUT2D eigenvalue weighted by atomic mass is 9.93. The van der Waals surface area contributed by atoms with Gasteiger partial charge in [-0.2, -0.15) is 4.37 Å². The van der Waals surface area contributed by atoms with Gasteiger partial charge < -0.3 is 10.6 Å². The first-order chi connectivity index (χ1) is 10.2. The van der Waals surface area contributed by atoms with Gasteiger partial charge in [-0.15, -0.1) is 0 Å². The lowest BCUT2D eigenvalue weighted by Crippen LogP contribution is -2.49. The van der Waals surface area contributed by atoms with Crippen molar-refractivity contribution in [3.05, 3.63) is 24.3 Å². The maximum absolute atomic E-state index is 11.8. The third-order valence-corrected chi connectivity index (χ3v) is 5.22. The standard InChI is InChI=1S/C16H21N3OS/c1-11(15(17)20)19(12-7-3-2-4-8-12)16-13-9-5-6-10-14(13)21-18-16/h5-6,9-12H,2-4,7-8H2,1H3,(H2,17,20). The van der Waals surface area contributed by atoms with E-state index in [1.165, 1.54) is 30.8 Å². The van der Waals surface area contributed by atoms with Crippen molar-refractivity contribution in [2.75, 3.05) is 4.90 Å². The minimum atomic E-state index is -0.321. The fraction of sp³-hybridized carbons (Fsp3) is 0.500.